The van der Waals surface area contributed by atoms with Crippen LogP contribution >= 0.6 is 12.2 Å². The lowest BCUT2D eigenvalue weighted by Gasteiger charge is -1.98. The minimum atomic E-state index is -0.739. The number of carbonyl (C=O) groups excluding carboxylic acids is 1. The van der Waals surface area contributed by atoms with Crippen LogP contribution in [0, 0.1) is 0 Å². The monoisotopic (exact) mass is 223 g/mol. The number of pyridine rings is 1. The molecule has 15 heavy (non-hydrogen) atoms. The Kier molecular flexibility index (Phi) is 3.69. The summed E-state index contributed by atoms with van der Waals surface area (Å²) in [5.41, 5.74) is 13.3. The molecule has 0 unspecified atom stereocenters. The summed E-state index contributed by atoms with van der Waals surface area (Å²) in [6.45, 7) is 0. The van der Waals surface area contributed by atoms with Gasteiger partial charge in [-0.15, -0.1) is 0 Å². The summed E-state index contributed by atoms with van der Waals surface area (Å²) in [6.07, 6.45) is 1.34. The molecule has 1 rings (SSSR count). The van der Waals surface area contributed by atoms with E-state index in [9.17, 15) is 4.79 Å². The molecule has 0 fully saturated rings. The number of amides is 2. The van der Waals surface area contributed by atoms with Crippen molar-refractivity contribution in [3.8, 4) is 0 Å². The molecule has 2 amide bonds. The first kappa shape index (κ1) is 11.1. The molecule has 0 aromatic carbocycles. The summed E-state index contributed by atoms with van der Waals surface area (Å²) < 4.78 is 0. The van der Waals surface area contributed by atoms with E-state index in [1.807, 2.05) is 5.43 Å². The fraction of sp³-hybridized carbons (Fsp3) is 0. The molecule has 0 bridgehead atoms. The molecular weight excluding hydrogens is 214 g/mol. The van der Waals surface area contributed by atoms with Crippen molar-refractivity contribution in [2.24, 2.45) is 16.6 Å². The number of primary amides is 1. The van der Waals surface area contributed by atoms with Gasteiger partial charge in [0.05, 0.1) is 17.6 Å². The number of thiocarbonyl (C=S) groups is 1. The molecule has 1 aromatic heterocycles. The smallest absolute Gasteiger partial charge is 0.332 e. The molecule has 0 saturated carbocycles. The molecule has 0 aliphatic carbocycles. The van der Waals surface area contributed by atoms with Crippen molar-refractivity contribution in [1.29, 1.82) is 0 Å². The van der Waals surface area contributed by atoms with E-state index in [2.05, 4.69) is 10.1 Å². The van der Waals surface area contributed by atoms with Crippen molar-refractivity contribution < 1.29 is 4.79 Å². The van der Waals surface area contributed by atoms with Crippen LogP contribution in [0.3, 0.4) is 0 Å². The number of hydrogen-bond acceptors (Lipinski definition) is 4. The molecule has 78 valence electrons. The maximum Gasteiger partial charge on any atom is 0.332 e. The van der Waals surface area contributed by atoms with Gasteiger partial charge in [-0.3, -0.25) is 0 Å². The van der Waals surface area contributed by atoms with E-state index in [-0.39, 0.29) is 4.99 Å². The summed E-state index contributed by atoms with van der Waals surface area (Å²) >= 11 is 4.76. The lowest BCUT2D eigenvalue weighted by atomic mass is 10.3. The van der Waals surface area contributed by atoms with Crippen LogP contribution in [0.4, 0.5) is 4.79 Å². The van der Waals surface area contributed by atoms with Gasteiger partial charge >= 0.3 is 6.03 Å². The topological polar surface area (TPSA) is 106 Å². The third-order valence-electron chi connectivity index (χ3n) is 1.39. The SMILES string of the molecule is NC(=O)N/N=C/c1cccc(C(N)=S)n1. The lowest BCUT2D eigenvalue weighted by Crippen LogP contribution is -2.24. The number of aromatic nitrogens is 1. The molecule has 1 aromatic rings. The average Bonchev–Trinajstić information content (AvgIpc) is 2.17. The number of nitrogens with zero attached hydrogens (tertiary/aromatic N) is 2. The van der Waals surface area contributed by atoms with Crippen LogP contribution in [0.2, 0.25) is 0 Å². The van der Waals surface area contributed by atoms with Crippen LogP contribution in [0.15, 0.2) is 23.3 Å². The second-order valence-electron chi connectivity index (χ2n) is 2.55. The van der Waals surface area contributed by atoms with E-state index in [1.54, 1.807) is 18.2 Å². The largest absolute Gasteiger partial charge is 0.388 e. The van der Waals surface area contributed by atoms with E-state index in [0.717, 1.165) is 0 Å². The molecule has 0 atom stereocenters. The number of nitrogens with two attached hydrogens (primary N) is 2. The Bertz CT molecular complexity index is 417. The van der Waals surface area contributed by atoms with Gasteiger partial charge in [0.25, 0.3) is 0 Å². The van der Waals surface area contributed by atoms with Crippen molar-refractivity contribution in [1.82, 2.24) is 10.4 Å². The summed E-state index contributed by atoms with van der Waals surface area (Å²) in [4.78, 5) is 14.6. The molecule has 0 aliphatic rings. The van der Waals surface area contributed by atoms with E-state index in [4.69, 9.17) is 23.7 Å². The minimum Gasteiger partial charge on any atom is -0.388 e. The van der Waals surface area contributed by atoms with Gasteiger partial charge in [0.15, 0.2) is 0 Å². The van der Waals surface area contributed by atoms with Crippen LogP contribution in [0.1, 0.15) is 11.4 Å². The normalized spacial score (nSPS) is 10.1. The number of urea groups is 1. The molecular formula is C8H9N5OS. The van der Waals surface area contributed by atoms with Crippen molar-refractivity contribution in [3.63, 3.8) is 0 Å². The minimum absolute atomic E-state index is 0.202. The van der Waals surface area contributed by atoms with Gasteiger partial charge in [0.1, 0.15) is 4.99 Å². The standard InChI is InChI=1S/C8H9N5OS/c9-7(15)6-3-1-2-5(12-6)4-11-13-8(10)14/h1-4H,(H2,9,15)(H3,10,13,14)/b11-4+. The predicted octanol–water partition coefficient (Wildman–Crippen LogP) is -0.282. The number of rotatable bonds is 3. The van der Waals surface area contributed by atoms with Crippen molar-refractivity contribution in [2.45, 2.75) is 0 Å². The van der Waals surface area contributed by atoms with Gasteiger partial charge in [-0.25, -0.2) is 15.2 Å². The number of nitrogens with one attached hydrogen (secondary N) is 1. The van der Waals surface area contributed by atoms with E-state index >= 15 is 0 Å². The van der Waals surface area contributed by atoms with Crippen LogP contribution in [-0.4, -0.2) is 22.2 Å². The fourth-order valence-electron chi connectivity index (χ4n) is 0.823. The predicted molar refractivity (Wildman–Crippen MR) is 60.4 cm³/mol. The molecule has 7 heteroatoms. The highest BCUT2D eigenvalue weighted by molar-refractivity contribution is 7.80. The number of hydrazone groups is 1. The van der Waals surface area contributed by atoms with Crippen molar-refractivity contribution in [2.75, 3.05) is 0 Å². The maximum atomic E-state index is 10.3. The first-order valence-electron chi connectivity index (χ1n) is 3.95. The highest BCUT2D eigenvalue weighted by atomic mass is 32.1. The molecule has 6 nitrogen and oxygen atoms in total. The summed E-state index contributed by atoms with van der Waals surface area (Å²) in [5.74, 6) is 0. The Labute approximate surface area is 91.4 Å². The second kappa shape index (κ2) is 5.01. The van der Waals surface area contributed by atoms with E-state index in [0.29, 0.717) is 11.4 Å². The van der Waals surface area contributed by atoms with Crippen LogP contribution in [0.5, 0.6) is 0 Å². The van der Waals surface area contributed by atoms with Gasteiger partial charge in [0, 0.05) is 0 Å². The number of hydrogen-bond donors (Lipinski definition) is 3. The van der Waals surface area contributed by atoms with Crippen LogP contribution < -0.4 is 16.9 Å². The highest BCUT2D eigenvalue weighted by Gasteiger charge is 1.97. The molecule has 1 heterocycles. The summed E-state index contributed by atoms with van der Waals surface area (Å²) in [5, 5.41) is 3.55. The van der Waals surface area contributed by atoms with Gasteiger partial charge < -0.3 is 11.5 Å². The average molecular weight is 223 g/mol. The first-order valence-corrected chi connectivity index (χ1v) is 4.36. The number of carbonyl (C=O) groups is 1. The third-order valence-corrected chi connectivity index (χ3v) is 1.60. The van der Waals surface area contributed by atoms with Gasteiger partial charge in [-0.05, 0) is 12.1 Å². The lowest BCUT2D eigenvalue weighted by molar-refractivity contribution is 0.249. The Morgan fingerprint density at radius 3 is 2.87 bits per heavy atom. The van der Waals surface area contributed by atoms with Gasteiger partial charge in [0.2, 0.25) is 0 Å². The quantitative estimate of drug-likeness (QED) is 0.372. The zero-order chi connectivity index (χ0) is 11.3. The Balaban J connectivity index is 2.78. The molecule has 0 spiro atoms. The van der Waals surface area contributed by atoms with Crippen molar-refractivity contribution in [3.05, 3.63) is 29.6 Å². The zero-order valence-electron chi connectivity index (χ0n) is 7.68. The van der Waals surface area contributed by atoms with Gasteiger partial charge in [-0.1, -0.05) is 18.3 Å². The second-order valence-corrected chi connectivity index (χ2v) is 2.99. The first-order chi connectivity index (χ1) is 7.09. The molecule has 5 N–H and O–H groups in total. The van der Waals surface area contributed by atoms with E-state index < -0.39 is 6.03 Å². The van der Waals surface area contributed by atoms with Crippen LogP contribution in [0.25, 0.3) is 0 Å². The fourth-order valence-corrected chi connectivity index (χ4v) is 0.936. The van der Waals surface area contributed by atoms with Gasteiger partial charge in [-0.2, -0.15) is 5.10 Å². The molecule has 0 aliphatic heterocycles. The highest BCUT2D eigenvalue weighted by Crippen LogP contribution is 1.96. The Morgan fingerprint density at radius 1 is 1.53 bits per heavy atom. The molecule has 0 radical (unpaired) electrons. The third kappa shape index (κ3) is 3.69. The van der Waals surface area contributed by atoms with Crippen LogP contribution in [-0.2, 0) is 0 Å². The van der Waals surface area contributed by atoms with Crippen molar-refractivity contribution >= 4 is 29.5 Å². The Hall–Kier alpha value is -2.02. The Morgan fingerprint density at radius 2 is 2.27 bits per heavy atom. The zero-order valence-corrected chi connectivity index (χ0v) is 8.49. The van der Waals surface area contributed by atoms with E-state index in [1.165, 1.54) is 6.21 Å². The summed E-state index contributed by atoms with van der Waals surface area (Å²) in [7, 11) is 0. The summed E-state index contributed by atoms with van der Waals surface area (Å²) in [6, 6.07) is 4.36. The maximum absolute atomic E-state index is 10.3. The molecule has 0 saturated heterocycles.